The van der Waals surface area contributed by atoms with E-state index in [-0.39, 0.29) is 35.4 Å². The van der Waals surface area contributed by atoms with Crippen molar-refractivity contribution in [1.29, 1.82) is 0 Å². The predicted octanol–water partition coefficient (Wildman–Crippen LogP) is 2.91. The molecule has 1 aromatic heterocycles. The molecule has 2 aromatic carbocycles. The fourth-order valence-electron chi connectivity index (χ4n) is 4.16. The number of carbonyl (C=O) groups is 1. The third kappa shape index (κ3) is 5.36. The van der Waals surface area contributed by atoms with Crippen LogP contribution < -0.4 is 11.1 Å². The molecule has 0 radical (unpaired) electrons. The van der Waals surface area contributed by atoms with E-state index >= 15 is 0 Å². The Labute approximate surface area is 193 Å². The Hall–Kier alpha value is -2.91. The lowest BCUT2D eigenvalue weighted by atomic mass is 10.1. The Morgan fingerprint density at radius 3 is 2.58 bits per heavy atom. The monoisotopic (exact) mass is 471 g/mol. The standard InChI is InChI=1S/C24H29N3O5S/c1-18(9-10-19-7-3-2-4-8-19)25-23(28)13-16-27-21-12-11-20(17-22(21)32-24(27)29)33(30,31)26-14-5-6-15-26/h2-4,7-8,11-12,17-18H,5-6,9-10,13-16H2,1H3,(H,25,28). The summed E-state index contributed by atoms with van der Waals surface area (Å²) in [6.07, 6.45) is 3.51. The van der Waals surface area contributed by atoms with Gasteiger partial charge in [0.05, 0.1) is 10.4 Å². The minimum atomic E-state index is -3.60. The first kappa shape index (κ1) is 23.3. The number of carbonyl (C=O) groups excluding carboxylic acids is 1. The van der Waals surface area contributed by atoms with Crippen LogP contribution in [0.4, 0.5) is 0 Å². The van der Waals surface area contributed by atoms with E-state index in [0.717, 1.165) is 25.7 Å². The molecule has 3 aromatic rings. The van der Waals surface area contributed by atoms with Gasteiger partial charge in [0.15, 0.2) is 5.58 Å². The molecule has 1 atom stereocenters. The zero-order chi connectivity index (χ0) is 23.4. The van der Waals surface area contributed by atoms with Gasteiger partial charge in [0.2, 0.25) is 15.9 Å². The van der Waals surface area contributed by atoms with Crippen molar-refractivity contribution >= 4 is 27.0 Å². The molecule has 1 unspecified atom stereocenters. The number of nitrogens with zero attached hydrogens (tertiary/aromatic N) is 2. The van der Waals surface area contributed by atoms with Crippen LogP contribution >= 0.6 is 0 Å². The zero-order valence-corrected chi connectivity index (χ0v) is 19.5. The summed E-state index contributed by atoms with van der Waals surface area (Å²) < 4.78 is 33.7. The molecule has 4 rings (SSSR count). The van der Waals surface area contributed by atoms with Gasteiger partial charge in [0.25, 0.3) is 0 Å². The maximum atomic E-state index is 12.8. The highest BCUT2D eigenvalue weighted by Crippen LogP contribution is 2.24. The predicted molar refractivity (Wildman–Crippen MR) is 125 cm³/mol. The number of aromatic nitrogens is 1. The number of aryl methyl sites for hydroxylation is 2. The molecule has 176 valence electrons. The summed E-state index contributed by atoms with van der Waals surface area (Å²) in [4.78, 5) is 24.9. The van der Waals surface area contributed by atoms with E-state index in [1.54, 1.807) is 6.07 Å². The number of sulfonamides is 1. The number of oxazole rings is 1. The van der Waals surface area contributed by atoms with Crippen molar-refractivity contribution in [2.45, 2.75) is 56.5 Å². The maximum Gasteiger partial charge on any atom is 0.419 e. The topological polar surface area (TPSA) is 102 Å². The lowest BCUT2D eigenvalue weighted by Gasteiger charge is -2.15. The third-order valence-corrected chi connectivity index (χ3v) is 7.92. The van der Waals surface area contributed by atoms with Crippen molar-refractivity contribution in [3.8, 4) is 0 Å². The summed E-state index contributed by atoms with van der Waals surface area (Å²) in [6.45, 7) is 3.12. The van der Waals surface area contributed by atoms with Gasteiger partial charge in [-0.25, -0.2) is 13.2 Å². The Balaban J connectivity index is 1.38. The number of amides is 1. The fraction of sp³-hybridized carbons (Fsp3) is 0.417. The molecule has 1 aliphatic heterocycles. The summed E-state index contributed by atoms with van der Waals surface area (Å²) in [6, 6.07) is 14.6. The first-order valence-electron chi connectivity index (χ1n) is 11.3. The van der Waals surface area contributed by atoms with Gasteiger partial charge < -0.3 is 9.73 Å². The molecule has 9 heteroatoms. The molecule has 2 heterocycles. The maximum absolute atomic E-state index is 12.8. The van der Waals surface area contributed by atoms with Crippen LogP contribution in [0.15, 0.2) is 62.6 Å². The molecular weight excluding hydrogens is 442 g/mol. The number of hydrogen-bond donors (Lipinski definition) is 1. The Morgan fingerprint density at radius 2 is 1.85 bits per heavy atom. The van der Waals surface area contributed by atoms with Gasteiger partial charge in [-0.1, -0.05) is 30.3 Å². The van der Waals surface area contributed by atoms with Gasteiger partial charge in [0.1, 0.15) is 0 Å². The van der Waals surface area contributed by atoms with Gasteiger partial charge in [0, 0.05) is 38.2 Å². The Morgan fingerprint density at radius 1 is 1.12 bits per heavy atom. The van der Waals surface area contributed by atoms with E-state index in [4.69, 9.17) is 4.42 Å². The molecule has 8 nitrogen and oxygen atoms in total. The number of rotatable bonds is 9. The van der Waals surface area contributed by atoms with Gasteiger partial charge in [-0.05, 0) is 50.3 Å². The average Bonchev–Trinajstić information content (AvgIpc) is 3.45. The molecule has 0 saturated carbocycles. The molecule has 1 amide bonds. The van der Waals surface area contributed by atoms with Gasteiger partial charge >= 0.3 is 5.76 Å². The average molecular weight is 472 g/mol. The van der Waals surface area contributed by atoms with Crippen LogP contribution in [0.25, 0.3) is 11.1 Å². The minimum absolute atomic E-state index is 0.00822. The normalized spacial score (nSPS) is 15.7. The van der Waals surface area contributed by atoms with Crippen LogP contribution in [-0.2, 0) is 27.8 Å². The van der Waals surface area contributed by atoms with E-state index in [0.29, 0.717) is 18.6 Å². The minimum Gasteiger partial charge on any atom is -0.408 e. The summed E-state index contributed by atoms with van der Waals surface area (Å²) in [5.74, 6) is -0.754. The highest BCUT2D eigenvalue weighted by atomic mass is 32.2. The fourth-order valence-corrected chi connectivity index (χ4v) is 5.69. The Kier molecular flexibility index (Phi) is 6.99. The highest BCUT2D eigenvalue weighted by molar-refractivity contribution is 7.89. The largest absolute Gasteiger partial charge is 0.419 e. The van der Waals surface area contributed by atoms with E-state index in [1.807, 2.05) is 25.1 Å². The van der Waals surface area contributed by atoms with E-state index in [9.17, 15) is 18.0 Å². The number of hydrogen-bond acceptors (Lipinski definition) is 5. The number of fused-ring (bicyclic) bond motifs is 1. The molecule has 1 N–H and O–H groups in total. The Bertz CT molecular complexity index is 1270. The summed E-state index contributed by atoms with van der Waals surface area (Å²) in [5, 5.41) is 2.97. The molecule has 1 saturated heterocycles. The van der Waals surface area contributed by atoms with E-state index in [2.05, 4.69) is 17.4 Å². The third-order valence-electron chi connectivity index (χ3n) is 6.02. The van der Waals surface area contributed by atoms with Crippen molar-refractivity contribution < 1.29 is 17.6 Å². The van der Waals surface area contributed by atoms with Crippen molar-refractivity contribution in [3.05, 3.63) is 64.6 Å². The van der Waals surface area contributed by atoms with E-state index < -0.39 is 15.8 Å². The second kappa shape index (κ2) is 9.93. The smallest absolute Gasteiger partial charge is 0.408 e. The van der Waals surface area contributed by atoms with Crippen LogP contribution in [0.3, 0.4) is 0 Å². The van der Waals surface area contributed by atoms with Crippen molar-refractivity contribution in [1.82, 2.24) is 14.2 Å². The van der Waals surface area contributed by atoms with Crippen LogP contribution in [0.2, 0.25) is 0 Å². The van der Waals surface area contributed by atoms with Crippen LogP contribution in [0.5, 0.6) is 0 Å². The summed E-state index contributed by atoms with van der Waals surface area (Å²) in [5.41, 5.74) is 1.91. The van der Waals surface area contributed by atoms with Crippen molar-refractivity contribution in [2.24, 2.45) is 0 Å². The van der Waals surface area contributed by atoms with Crippen LogP contribution in [0, 0.1) is 0 Å². The molecule has 1 fully saturated rings. The lowest BCUT2D eigenvalue weighted by molar-refractivity contribution is -0.121. The summed E-state index contributed by atoms with van der Waals surface area (Å²) in [7, 11) is -3.60. The lowest BCUT2D eigenvalue weighted by Crippen LogP contribution is -2.34. The van der Waals surface area contributed by atoms with Gasteiger partial charge in [-0.2, -0.15) is 4.31 Å². The van der Waals surface area contributed by atoms with Crippen LogP contribution in [-0.4, -0.2) is 42.3 Å². The summed E-state index contributed by atoms with van der Waals surface area (Å²) >= 11 is 0. The first-order valence-corrected chi connectivity index (χ1v) is 12.8. The molecule has 0 spiro atoms. The second-order valence-corrected chi connectivity index (χ2v) is 10.4. The quantitative estimate of drug-likeness (QED) is 0.517. The van der Waals surface area contributed by atoms with Crippen molar-refractivity contribution in [3.63, 3.8) is 0 Å². The molecule has 1 aliphatic rings. The van der Waals surface area contributed by atoms with Crippen molar-refractivity contribution in [2.75, 3.05) is 13.1 Å². The SMILES string of the molecule is CC(CCc1ccccc1)NC(=O)CCn1c(=O)oc2cc(S(=O)(=O)N3CCCC3)ccc21. The number of nitrogens with one attached hydrogen (secondary N) is 1. The molecule has 0 aliphatic carbocycles. The van der Waals surface area contributed by atoms with Crippen LogP contribution in [0.1, 0.15) is 38.2 Å². The second-order valence-electron chi connectivity index (χ2n) is 8.50. The van der Waals surface area contributed by atoms with E-state index in [1.165, 1.54) is 26.6 Å². The number of benzene rings is 2. The molecule has 0 bridgehead atoms. The first-order chi connectivity index (χ1) is 15.8. The van der Waals surface area contributed by atoms with Gasteiger partial charge in [-0.15, -0.1) is 0 Å². The zero-order valence-electron chi connectivity index (χ0n) is 18.7. The van der Waals surface area contributed by atoms with Gasteiger partial charge in [-0.3, -0.25) is 9.36 Å². The molecular formula is C24H29N3O5S. The highest BCUT2D eigenvalue weighted by Gasteiger charge is 2.28. The molecule has 33 heavy (non-hydrogen) atoms.